The smallest absolute Gasteiger partial charge is 0.0805 e. The van der Waals surface area contributed by atoms with E-state index in [0.29, 0.717) is 0 Å². The molecule has 0 atom stereocenters. The Labute approximate surface area is 79.1 Å². The topological polar surface area (TPSA) is 27.6 Å². The highest BCUT2D eigenvalue weighted by atomic mass is 15.5. The van der Waals surface area contributed by atoms with Gasteiger partial charge in [0.05, 0.1) is 17.6 Å². The summed E-state index contributed by atoms with van der Waals surface area (Å²) in [6.07, 6.45) is 9.73. The van der Waals surface area contributed by atoms with Crippen molar-refractivity contribution in [3.63, 3.8) is 0 Å². The molecule has 0 saturated carbocycles. The first-order valence-corrected chi connectivity index (χ1v) is 4.33. The summed E-state index contributed by atoms with van der Waals surface area (Å²) >= 11 is 0. The molecule has 0 fully saturated rings. The predicted molar refractivity (Wildman–Crippen MR) is 56.0 cm³/mol. The van der Waals surface area contributed by atoms with E-state index in [4.69, 9.17) is 0 Å². The zero-order valence-electron chi connectivity index (χ0n) is 8.28. The maximum Gasteiger partial charge on any atom is 0.0805 e. The number of hydrogen-bond donors (Lipinski definition) is 1. The number of hydrogen-bond acceptors (Lipinski definition) is 3. The van der Waals surface area contributed by atoms with Gasteiger partial charge in [0.25, 0.3) is 0 Å². The summed E-state index contributed by atoms with van der Waals surface area (Å²) < 4.78 is 0. The molecule has 13 heavy (non-hydrogen) atoms. The summed E-state index contributed by atoms with van der Waals surface area (Å²) in [5, 5.41) is 1.93. The molecule has 1 aliphatic rings. The fraction of sp³-hybridized carbons (Fsp3) is 0.300. The summed E-state index contributed by atoms with van der Waals surface area (Å²) in [5.41, 5.74) is 5.06. The quantitative estimate of drug-likeness (QED) is 0.696. The minimum absolute atomic E-state index is 0.947. The number of hydrazine groups is 1. The first kappa shape index (κ1) is 9.74. The lowest BCUT2D eigenvalue weighted by molar-refractivity contribution is 0.387. The molecule has 3 nitrogen and oxygen atoms in total. The van der Waals surface area contributed by atoms with Crippen molar-refractivity contribution >= 4 is 6.21 Å². The molecule has 1 aliphatic heterocycles. The second kappa shape index (κ2) is 4.62. The van der Waals surface area contributed by atoms with Crippen LogP contribution in [0.5, 0.6) is 0 Å². The van der Waals surface area contributed by atoms with Crippen molar-refractivity contribution in [3.8, 4) is 0 Å². The van der Waals surface area contributed by atoms with Gasteiger partial charge in [-0.1, -0.05) is 12.2 Å². The molecule has 0 amide bonds. The van der Waals surface area contributed by atoms with Crippen LogP contribution in [0.25, 0.3) is 0 Å². The Bertz CT molecular complexity index is 285. The molecule has 0 saturated heterocycles. The summed E-state index contributed by atoms with van der Waals surface area (Å²) in [4.78, 5) is 4.27. The van der Waals surface area contributed by atoms with Gasteiger partial charge in [-0.05, 0) is 19.9 Å². The van der Waals surface area contributed by atoms with Gasteiger partial charge in [0.1, 0.15) is 0 Å². The van der Waals surface area contributed by atoms with Crippen molar-refractivity contribution in [2.45, 2.75) is 13.8 Å². The zero-order valence-corrected chi connectivity index (χ0v) is 8.28. The van der Waals surface area contributed by atoms with Crippen LogP contribution in [0.3, 0.4) is 0 Å². The molecule has 0 aromatic rings. The van der Waals surface area contributed by atoms with Crippen molar-refractivity contribution in [2.24, 2.45) is 4.99 Å². The number of nitrogens with one attached hydrogen (secondary N) is 1. The Balaban J connectivity index is 2.86. The van der Waals surface area contributed by atoms with Crippen LogP contribution < -0.4 is 5.43 Å². The summed E-state index contributed by atoms with van der Waals surface area (Å²) in [6, 6.07) is 0. The molecule has 0 radical (unpaired) electrons. The Hall–Kier alpha value is -1.35. The molecular weight excluding hydrogens is 162 g/mol. The summed E-state index contributed by atoms with van der Waals surface area (Å²) in [7, 11) is 1.88. The highest BCUT2D eigenvalue weighted by molar-refractivity contribution is 5.80. The van der Waals surface area contributed by atoms with E-state index >= 15 is 0 Å². The molecule has 1 N–H and O–H groups in total. The molecule has 3 heteroatoms. The van der Waals surface area contributed by atoms with E-state index < -0.39 is 0 Å². The Morgan fingerprint density at radius 3 is 2.77 bits per heavy atom. The lowest BCUT2D eigenvalue weighted by Gasteiger charge is -2.22. The van der Waals surface area contributed by atoms with Crippen LogP contribution >= 0.6 is 0 Å². The lowest BCUT2D eigenvalue weighted by atomic mass is 10.3. The van der Waals surface area contributed by atoms with Gasteiger partial charge in [-0.3, -0.25) is 10.0 Å². The molecule has 0 spiro atoms. The molecular formula is C10H15N3. The van der Waals surface area contributed by atoms with Crippen LogP contribution in [-0.4, -0.2) is 18.3 Å². The number of nitrogens with zero attached hydrogens (tertiary/aromatic N) is 2. The minimum atomic E-state index is 0.947. The van der Waals surface area contributed by atoms with Gasteiger partial charge in [-0.25, -0.2) is 5.43 Å². The first-order valence-electron chi connectivity index (χ1n) is 4.33. The molecule has 1 heterocycles. The molecule has 0 bridgehead atoms. The van der Waals surface area contributed by atoms with E-state index in [1.54, 1.807) is 0 Å². The first-order chi connectivity index (χ1) is 6.31. The third-order valence-corrected chi connectivity index (χ3v) is 1.76. The number of aliphatic imine (C=N–C) groups is 1. The van der Waals surface area contributed by atoms with Crippen LogP contribution in [0, 0.1) is 0 Å². The Morgan fingerprint density at radius 2 is 2.23 bits per heavy atom. The van der Waals surface area contributed by atoms with Crippen LogP contribution in [0.1, 0.15) is 13.8 Å². The van der Waals surface area contributed by atoms with Crippen LogP contribution in [0.15, 0.2) is 40.8 Å². The molecule has 0 unspecified atom stereocenters. The van der Waals surface area contributed by atoms with Gasteiger partial charge in [-0.15, -0.1) is 0 Å². The normalized spacial score (nSPS) is 20.1. The molecule has 70 valence electrons. The Morgan fingerprint density at radius 1 is 1.46 bits per heavy atom. The van der Waals surface area contributed by atoms with Gasteiger partial charge in [0.2, 0.25) is 0 Å². The second-order valence-corrected chi connectivity index (χ2v) is 2.62. The van der Waals surface area contributed by atoms with Crippen molar-refractivity contribution in [1.82, 2.24) is 10.4 Å². The van der Waals surface area contributed by atoms with Crippen LogP contribution in [0.4, 0.5) is 0 Å². The van der Waals surface area contributed by atoms with Crippen molar-refractivity contribution < 1.29 is 0 Å². The SMILES string of the molecule is C/C=C1/C=NC(/C=C/C)=CN1NC. The third-order valence-electron chi connectivity index (χ3n) is 1.76. The van der Waals surface area contributed by atoms with Crippen LogP contribution in [0.2, 0.25) is 0 Å². The van der Waals surface area contributed by atoms with Crippen LogP contribution in [-0.2, 0) is 0 Å². The van der Waals surface area contributed by atoms with Gasteiger partial charge >= 0.3 is 0 Å². The largest absolute Gasteiger partial charge is 0.281 e. The predicted octanol–water partition coefficient (Wildman–Crippen LogP) is 1.83. The van der Waals surface area contributed by atoms with E-state index in [9.17, 15) is 0 Å². The van der Waals surface area contributed by atoms with Gasteiger partial charge in [0, 0.05) is 13.2 Å². The maximum absolute atomic E-state index is 4.27. The third kappa shape index (κ3) is 2.29. The maximum atomic E-state index is 4.27. The highest BCUT2D eigenvalue weighted by Gasteiger charge is 2.06. The standard InChI is InChI=1S/C10H15N3/c1-4-6-9-8-13(11-3)10(5-2)7-12-9/h4-8,11H,1-3H3/b6-4+,10-5-. The minimum Gasteiger partial charge on any atom is -0.281 e. The lowest BCUT2D eigenvalue weighted by Crippen LogP contribution is -2.31. The van der Waals surface area contributed by atoms with Gasteiger partial charge in [-0.2, -0.15) is 0 Å². The van der Waals surface area contributed by atoms with E-state index in [-0.39, 0.29) is 0 Å². The molecule has 0 aliphatic carbocycles. The number of rotatable bonds is 2. The van der Waals surface area contributed by atoms with Gasteiger partial charge < -0.3 is 0 Å². The number of allylic oxidation sites excluding steroid dienone is 4. The zero-order chi connectivity index (χ0) is 9.68. The Kier molecular flexibility index (Phi) is 3.46. The van der Waals surface area contributed by atoms with E-state index in [0.717, 1.165) is 11.4 Å². The average molecular weight is 177 g/mol. The monoisotopic (exact) mass is 177 g/mol. The molecule has 0 aromatic heterocycles. The van der Waals surface area contributed by atoms with Crippen molar-refractivity contribution in [3.05, 3.63) is 35.8 Å². The fourth-order valence-electron chi connectivity index (χ4n) is 1.11. The van der Waals surface area contributed by atoms with Gasteiger partial charge in [0.15, 0.2) is 0 Å². The average Bonchev–Trinajstić information content (AvgIpc) is 2.18. The molecule has 1 rings (SSSR count). The summed E-state index contributed by atoms with van der Waals surface area (Å²) in [6.45, 7) is 3.96. The highest BCUT2D eigenvalue weighted by Crippen LogP contribution is 2.11. The fourth-order valence-corrected chi connectivity index (χ4v) is 1.11. The van der Waals surface area contributed by atoms with E-state index in [2.05, 4.69) is 10.4 Å². The second-order valence-electron chi connectivity index (χ2n) is 2.62. The summed E-state index contributed by atoms with van der Waals surface area (Å²) in [5.74, 6) is 0. The van der Waals surface area contributed by atoms with E-state index in [1.165, 1.54) is 0 Å². The van der Waals surface area contributed by atoms with Crippen molar-refractivity contribution in [2.75, 3.05) is 7.05 Å². The van der Waals surface area contributed by atoms with E-state index in [1.807, 2.05) is 56.5 Å². The van der Waals surface area contributed by atoms with Crippen molar-refractivity contribution in [1.29, 1.82) is 0 Å². The molecule has 0 aromatic carbocycles.